The molecule has 2 heterocycles. The second-order valence-corrected chi connectivity index (χ2v) is 8.26. The summed E-state index contributed by atoms with van der Waals surface area (Å²) in [6.45, 7) is 4.52. The van der Waals surface area contributed by atoms with Crippen LogP contribution in [0.4, 0.5) is 5.69 Å². The van der Waals surface area contributed by atoms with Crippen LogP contribution in [0.3, 0.4) is 0 Å². The van der Waals surface area contributed by atoms with Gasteiger partial charge in [-0.2, -0.15) is 5.10 Å². The average molecular weight is 484 g/mol. The third-order valence-electron chi connectivity index (χ3n) is 6.05. The van der Waals surface area contributed by atoms with E-state index in [0.717, 1.165) is 16.9 Å². The molecule has 0 unspecified atom stereocenters. The van der Waals surface area contributed by atoms with Crippen LogP contribution in [-0.4, -0.2) is 40.4 Å². The average Bonchev–Trinajstić information content (AvgIpc) is 3.44. The van der Waals surface area contributed by atoms with Crippen molar-refractivity contribution in [3.63, 3.8) is 0 Å². The molecule has 0 bridgehead atoms. The second-order valence-electron chi connectivity index (χ2n) is 8.26. The van der Waals surface area contributed by atoms with Gasteiger partial charge in [-0.05, 0) is 80.1 Å². The molecule has 1 atom stereocenters. The molecule has 1 aromatic heterocycles. The lowest BCUT2D eigenvalue weighted by Gasteiger charge is -2.26. The lowest BCUT2D eigenvalue weighted by atomic mass is 9.95. The number of aromatic amines is 1. The molecule has 0 saturated heterocycles. The number of nitrogens with one attached hydrogen (secondary N) is 1. The molecule has 3 aromatic carbocycles. The fraction of sp³-hybridized carbons (Fsp3) is 0.179. The highest BCUT2D eigenvalue weighted by atomic mass is 16.5. The largest absolute Gasteiger partial charge is 0.508 e. The predicted molar refractivity (Wildman–Crippen MR) is 134 cm³/mol. The van der Waals surface area contributed by atoms with E-state index in [0.29, 0.717) is 34.8 Å². The molecule has 8 heteroatoms. The van der Waals surface area contributed by atoms with E-state index in [2.05, 4.69) is 10.2 Å². The number of H-pyrrole nitrogens is 1. The number of benzene rings is 3. The number of aromatic hydroxyl groups is 1. The smallest absolute Gasteiger partial charge is 0.338 e. The maximum absolute atomic E-state index is 13.7. The number of phenolic OH excluding ortho intramolecular Hbond substituents is 1. The first kappa shape index (κ1) is 23.2. The Kier molecular flexibility index (Phi) is 6.16. The molecular weight excluding hydrogens is 458 g/mol. The van der Waals surface area contributed by atoms with Crippen molar-refractivity contribution in [1.82, 2.24) is 10.2 Å². The van der Waals surface area contributed by atoms with Gasteiger partial charge >= 0.3 is 5.97 Å². The Balaban J connectivity index is 1.60. The normalized spacial score (nSPS) is 14.6. The number of phenols is 1. The molecule has 1 amide bonds. The van der Waals surface area contributed by atoms with Gasteiger partial charge in [-0.25, -0.2) is 4.79 Å². The summed E-state index contributed by atoms with van der Waals surface area (Å²) in [7, 11) is 0. The number of amides is 1. The summed E-state index contributed by atoms with van der Waals surface area (Å²) in [6.07, 6.45) is 0. The zero-order valence-electron chi connectivity index (χ0n) is 19.9. The molecule has 2 N–H and O–H groups in total. The number of ether oxygens (including phenoxy) is 2. The van der Waals surface area contributed by atoms with E-state index in [-0.39, 0.29) is 18.3 Å². The molecule has 8 nitrogen and oxygen atoms in total. The second kappa shape index (κ2) is 9.58. The maximum Gasteiger partial charge on any atom is 0.338 e. The van der Waals surface area contributed by atoms with Crippen LogP contribution in [0.25, 0.3) is 11.3 Å². The molecule has 0 saturated carbocycles. The standard InChI is InChI=1S/C28H25N3O5/c1-3-35-22-14-10-17(11-15-22)24-23-25(30-29-24)27(33)31(26(23)19-6-5-7-21(32)16-19)20-12-8-18(9-13-20)28(34)36-4-2/h5-16,26,32H,3-4H2,1-2H3,(H,29,30)/t26-/m1/s1. The van der Waals surface area contributed by atoms with Gasteiger partial charge in [-0.1, -0.05) is 12.1 Å². The number of nitrogens with zero attached hydrogens (tertiary/aromatic N) is 2. The summed E-state index contributed by atoms with van der Waals surface area (Å²) in [5.41, 5.74) is 4.28. The summed E-state index contributed by atoms with van der Waals surface area (Å²) in [5, 5.41) is 17.6. The molecule has 1 aliphatic heterocycles. The third kappa shape index (κ3) is 4.07. The number of hydrogen-bond donors (Lipinski definition) is 2. The molecule has 182 valence electrons. The zero-order valence-corrected chi connectivity index (χ0v) is 19.9. The summed E-state index contributed by atoms with van der Waals surface area (Å²) < 4.78 is 10.6. The fourth-order valence-corrected chi connectivity index (χ4v) is 4.49. The quantitative estimate of drug-likeness (QED) is 0.354. The summed E-state index contributed by atoms with van der Waals surface area (Å²) in [6, 6.07) is 20.5. The highest BCUT2D eigenvalue weighted by Crippen LogP contribution is 2.45. The molecule has 0 aliphatic carbocycles. The van der Waals surface area contributed by atoms with Gasteiger partial charge < -0.3 is 14.6 Å². The SMILES string of the molecule is CCOC(=O)c1ccc(N2C(=O)c3[nH]nc(-c4ccc(OCC)cc4)c3[C@H]2c2cccc(O)c2)cc1. The lowest BCUT2D eigenvalue weighted by Crippen LogP contribution is -2.29. The Bertz CT molecular complexity index is 1410. The summed E-state index contributed by atoms with van der Waals surface area (Å²) in [5.74, 6) is 0.162. The van der Waals surface area contributed by atoms with E-state index < -0.39 is 12.0 Å². The number of esters is 1. The van der Waals surface area contributed by atoms with Gasteiger partial charge in [0.25, 0.3) is 5.91 Å². The van der Waals surface area contributed by atoms with E-state index >= 15 is 0 Å². The molecular formula is C28H25N3O5. The molecule has 4 aromatic rings. The number of hydrogen-bond acceptors (Lipinski definition) is 6. The minimum absolute atomic E-state index is 0.0946. The topological polar surface area (TPSA) is 105 Å². The molecule has 0 radical (unpaired) electrons. The fourth-order valence-electron chi connectivity index (χ4n) is 4.49. The molecule has 0 fully saturated rings. The van der Waals surface area contributed by atoms with E-state index in [1.54, 1.807) is 54.3 Å². The van der Waals surface area contributed by atoms with Gasteiger partial charge in [0.1, 0.15) is 17.2 Å². The van der Waals surface area contributed by atoms with Crippen LogP contribution in [0.1, 0.15) is 51.9 Å². The summed E-state index contributed by atoms with van der Waals surface area (Å²) >= 11 is 0. The predicted octanol–water partition coefficient (Wildman–Crippen LogP) is 5.11. The Morgan fingerprint density at radius 3 is 2.44 bits per heavy atom. The Morgan fingerprint density at radius 1 is 1.03 bits per heavy atom. The first-order valence-corrected chi connectivity index (χ1v) is 11.7. The van der Waals surface area contributed by atoms with E-state index in [9.17, 15) is 14.7 Å². The maximum atomic E-state index is 13.7. The first-order valence-electron chi connectivity index (χ1n) is 11.7. The van der Waals surface area contributed by atoms with Crippen LogP contribution < -0.4 is 9.64 Å². The highest BCUT2D eigenvalue weighted by Gasteiger charge is 2.43. The minimum atomic E-state index is -0.548. The van der Waals surface area contributed by atoms with Crippen molar-refractivity contribution in [1.29, 1.82) is 0 Å². The van der Waals surface area contributed by atoms with E-state index in [4.69, 9.17) is 9.47 Å². The summed E-state index contributed by atoms with van der Waals surface area (Å²) in [4.78, 5) is 27.4. The Labute approximate surface area is 208 Å². The van der Waals surface area contributed by atoms with Gasteiger partial charge in [0.15, 0.2) is 0 Å². The zero-order chi connectivity index (χ0) is 25.2. The monoisotopic (exact) mass is 483 g/mol. The van der Waals surface area contributed by atoms with Crippen molar-refractivity contribution in [3.8, 4) is 22.8 Å². The van der Waals surface area contributed by atoms with Crippen molar-refractivity contribution in [2.75, 3.05) is 18.1 Å². The number of rotatable bonds is 7. The molecule has 1 aliphatic rings. The Hall–Kier alpha value is -4.59. The highest BCUT2D eigenvalue weighted by molar-refractivity contribution is 6.12. The van der Waals surface area contributed by atoms with Gasteiger partial charge in [-0.3, -0.25) is 14.8 Å². The molecule has 36 heavy (non-hydrogen) atoms. The van der Waals surface area contributed by atoms with Crippen LogP contribution in [0.2, 0.25) is 0 Å². The van der Waals surface area contributed by atoms with Crippen molar-refractivity contribution < 1.29 is 24.2 Å². The number of carbonyl (C=O) groups is 2. The number of fused-ring (bicyclic) bond motifs is 1. The lowest BCUT2D eigenvalue weighted by molar-refractivity contribution is 0.0526. The minimum Gasteiger partial charge on any atom is -0.508 e. The first-order chi connectivity index (χ1) is 17.5. The van der Waals surface area contributed by atoms with Crippen molar-refractivity contribution in [3.05, 3.63) is 95.2 Å². The van der Waals surface area contributed by atoms with Crippen molar-refractivity contribution in [2.24, 2.45) is 0 Å². The third-order valence-corrected chi connectivity index (χ3v) is 6.05. The van der Waals surface area contributed by atoms with E-state index in [1.165, 1.54) is 0 Å². The molecule has 0 spiro atoms. The van der Waals surface area contributed by atoms with Crippen LogP contribution >= 0.6 is 0 Å². The van der Waals surface area contributed by atoms with Crippen LogP contribution in [-0.2, 0) is 4.74 Å². The number of anilines is 1. The van der Waals surface area contributed by atoms with Gasteiger partial charge in [0.2, 0.25) is 0 Å². The van der Waals surface area contributed by atoms with Gasteiger partial charge in [0.05, 0.1) is 30.5 Å². The molecule has 5 rings (SSSR count). The number of aromatic nitrogens is 2. The van der Waals surface area contributed by atoms with Gasteiger partial charge in [0, 0.05) is 16.8 Å². The Morgan fingerprint density at radius 2 is 1.78 bits per heavy atom. The number of carbonyl (C=O) groups excluding carboxylic acids is 2. The van der Waals surface area contributed by atoms with Crippen molar-refractivity contribution >= 4 is 17.6 Å². The van der Waals surface area contributed by atoms with Gasteiger partial charge in [-0.15, -0.1) is 0 Å². The van der Waals surface area contributed by atoms with Crippen molar-refractivity contribution in [2.45, 2.75) is 19.9 Å². The van der Waals surface area contributed by atoms with Crippen LogP contribution in [0, 0.1) is 0 Å². The van der Waals surface area contributed by atoms with Crippen LogP contribution in [0.5, 0.6) is 11.5 Å². The van der Waals surface area contributed by atoms with E-state index in [1.807, 2.05) is 37.3 Å². The van der Waals surface area contributed by atoms with Crippen LogP contribution in [0.15, 0.2) is 72.8 Å².